The van der Waals surface area contributed by atoms with Crippen LogP contribution in [0.4, 0.5) is 8.78 Å². The Morgan fingerprint density at radius 1 is 1.25 bits per heavy atom. The molecule has 0 unspecified atom stereocenters. The highest BCUT2D eigenvalue weighted by atomic mass is 32.2. The van der Waals surface area contributed by atoms with Gasteiger partial charge in [0, 0.05) is 19.3 Å². The number of rotatable bonds is 7. The van der Waals surface area contributed by atoms with Gasteiger partial charge < -0.3 is 0 Å². The van der Waals surface area contributed by atoms with E-state index in [1.165, 1.54) is 13.8 Å². The van der Waals surface area contributed by atoms with E-state index in [1.807, 2.05) is 26.1 Å². The maximum Gasteiger partial charge on any atom is 0.333 e. The van der Waals surface area contributed by atoms with Crippen molar-refractivity contribution in [3.05, 3.63) is 29.3 Å². The van der Waals surface area contributed by atoms with Crippen molar-refractivity contribution in [1.82, 2.24) is 24.3 Å². The van der Waals surface area contributed by atoms with E-state index in [9.17, 15) is 17.2 Å². The van der Waals surface area contributed by atoms with Gasteiger partial charge in [0.15, 0.2) is 0 Å². The largest absolute Gasteiger partial charge is 0.333 e. The van der Waals surface area contributed by atoms with Gasteiger partial charge in [-0.15, -0.1) is 0 Å². The first kappa shape index (κ1) is 18.5. The molecule has 134 valence electrons. The van der Waals surface area contributed by atoms with Gasteiger partial charge in [-0.2, -0.15) is 19.0 Å². The highest BCUT2D eigenvalue weighted by molar-refractivity contribution is 7.89. The SMILES string of the molecule is Cc1ccn(C[C@H](C)CNS(=O)(=O)c2c(C)nn(C(F)F)c2C)n1. The molecule has 2 heterocycles. The van der Waals surface area contributed by atoms with Gasteiger partial charge in [0.05, 0.1) is 17.1 Å². The normalized spacial score (nSPS) is 13.6. The van der Waals surface area contributed by atoms with Gasteiger partial charge in [-0.1, -0.05) is 6.92 Å². The highest BCUT2D eigenvalue weighted by Gasteiger charge is 2.27. The van der Waals surface area contributed by atoms with Crippen molar-refractivity contribution in [3.8, 4) is 0 Å². The summed E-state index contributed by atoms with van der Waals surface area (Å²) >= 11 is 0. The van der Waals surface area contributed by atoms with Crippen LogP contribution in [0.25, 0.3) is 0 Å². The predicted molar refractivity (Wildman–Crippen MR) is 84.3 cm³/mol. The maximum atomic E-state index is 12.8. The topological polar surface area (TPSA) is 81.8 Å². The van der Waals surface area contributed by atoms with Crippen LogP contribution in [0.15, 0.2) is 17.2 Å². The Labute approximate surface area is 139 Å². The molecule has 0 radical (unpaired) electrons. The second-order valence-electron chi connectivity index (χ2n) is 5.86. The molecule has 0 spiro atoms. The predicted octanol–water partition coefficient (Wildman–Crippen LogP) is 2.01. The Hall–Kier alpha value is -1.81. The molecule has 1 N–H and O–H groups in total. The molecule has 0 fully saturated rings. The zero-order valence-electron chi connectivity index (χ0n) is 14.0. The molecule has 0 saturated carbocycles. The minimum absolute atomic E-state index is 0.0233. The number of hydrogen-bond acceptors (Lipinski definition) is 4. The molecule has 0 amide bonds. The second kappa shape index (κ2) is 6.98. The average Bonchev–Trinajstić information content (AvgIpc) is 3.00. The molecule has 24 heavy (non-hydrogen) atoms. The van der Waals surface area contributed by atoms with Gasteiger partial charge in [0.1, 0.15) is 4.90 Å². The van der Waals surface area contributed by atoms with Crippen molar-refractivity contribution in [2.75, 3.05) is 6.54 Å². The zero-order chi connectivity index (χ0) is 18.1. The Bertz CT molecular complexity index is 813. The molecule has 2 aromatic rings. The van der Waals surface area contributed by atoms with Crippen LogP contribution in [-0.2, 0) is 16.6 Å². The van der Waals surface area contributed by atoms with Crippen molar-refractivity contribution in [3.63, 3.8) is 0 Å². The molecule has 0 bridgehead atoms. The Kier molecular flexibility index (Phi) is 5.38. The van der Waals surface area contributed by atoms with E-state index in [-0.39, 0.29) is 28.7 Å². The molecule has 0 aliphatic heterocycles. The van der Waals surface area contributed by atoms with Crippen LogP contribution in [0.2, 0.25) is 0 Å². The number of nitrogens with zero attached hydrogens (tertiary/aromatic N) is 4. The molecule has 0 aliphatic rings. The van der Waals surface area contributed by atoms with Crippen LogP contribution in [0.5, 0.6) is 0 Å². The third-order valence-corrected chi connectivity index (χ3v) is 5.28. The van der Waals surface area contributed by atoms with Gasteiger partial charge in [-0.3, -0.25) is 4.68 Å². The molecule has 0 aromatic carbocycles. The quantitative estimate of drug-likeness (QED) is 0.818. The van der Waals surface area contributed by atoms with Gasteiger partial charge in [-0.05, 0) is 32.8 Å². The fraction of sp³-hybridized carbons (Fsp3) is 0.571. The number of hydrogen-bond donors (Lipinski definition) is 1. The molecule has 0 aliphatic carbocycles. The summed E-state index contributed by atoms with van der Waals surface area (Å²) in [5.41, 5.74) is 0.856. The maximum absolute atomic E-state index is 12.8. The van der Waals surface area contributed by atoms with Crippen LogP contribution in [0.3, 0.4) is 0 Å². The molecular weight excluding hydrogens is 340 g/mol. The number of aryl methyl sites for hydroxylation is 2. The molecule has 7 nitrogen and oxygen atoms in total. The van der Waals surface area contributed by atoms with E-state index < -0.39 is 16.6 Å². The van der Waals surface area contributed by atoms with Crippen LogP contribution in [0, 0.1) is 26.7 Å². The third-order valence-electron chi connectivity index (χ3n) is 3.61. The summed E-state index contributed by atoms with van der Waals surface area (Å²) in [6, 6.07) is 1.86. The minimum atomic E-state index is -3.91. The van der Waals surface area contributed by atoms with E-state index in [4.69, 9.17) is 0 Å². The first-order valence-corrected chi connectivity index (χ1v) is 8.93. The number of nitrogens with one attached hydrogen (secondary N) is 1. The Morgan fingerprint density at radius 3 is 2.42 bits per heavy atom. The van der Waals surface area contributed by atoms with Gasteiger partial charge in [-0.25, -0.2) is 17.8 Å². The number of halogens is 2. The van der Waals surface area contributed by atoms with Crippen molar-refractivity contribution in [1.29, 1.82) is 0 Å². The second-order valence-corrected chi connectivity index (χ2v) is 7.56. The fourth-order valence-electron chi connectivity index (χ4n) is 2.50. The van der Waals surface area contributed by atoms with Crippen LogP contribution in [-0.4, -0.2) is 34.5 Å². The summed E-state index contributed by atoms with van der Waals surface area (Å²) in [5.74, 6) is -0.0233. The Morgan fingerprint density at radius 2 is 1.92 bits per heavy atom. The fourth-order valence-corrected chi connectivity index (χ4v) is 4.06. The van der Waals surface area contributed by atoms with Crippen molar-refractivity contribution in [2.45, 2.75) is 45.7 Å². The first-order chi connectivity index (χ1) is 11.1. The van der Waals surface area contributed by atoms with Crippen LogP contribution < -0.4 is 4.72 Å². The molecule has 10 heteroatoms. The molecule has 2 rings (SSSR count). The zero-order valence-corrected chi connectivity index (χ0v) is 14.8. The van der Waals surface area contributed by atoms with E-state index >= 15 is 0 Å². The average molecular weight is 361 g/mol. The van der Waals surface area contributed by atoms with Crippen molar-refractivity contribution >= 4 is 10.0 Å². The molecule has 2 aromatic heterocycles. The lowest BCUT2D eigenvalue weighted by Crippen LogP contribution is -2.31. The summed E-state index contributed by atoms with van der Waals surface area (Å²) in [5, 5.41) is 7.85. The van der Waals surface area contributed by atoms with E-state index in [0.717, 1.165) is 5.69 Å². The van der Waals surface area contributed by atoms with E-state index in [2.05, 4.69) is 14.9 Å². The van der Waals surface area contributed by atoms with Crippen LogP contribution in [0.1, 0.15) is 30.6 Å². The smallest absolute Gasteiger partial charge is 0.272 e. The molecule has 1 atom stereocenters. The number of alkyl halides is 2. The van der Waals surface area contributed by atoms with Gasteiger partial charge in [0.25, 0.3) is 0 Å². The lowest BCUT2D eigenvalue weighted by molar-refractivity contribution is 0.0538. The van der Waals surface area contributed by atoms with Crippen molar-refractivity contribution < 1.29 is 17.2 Å². The molecule has 0 saturated heterocycles. The van der Waals surface area contributed by atoms with Gasteiger partial charge in [0.2, 0.25) is 10.0 Å². The monoisotopic (exact) mass is 361 g/mol. The van der Waals surface area contributed by atoms with Gasteiger partial charge >= 0.3 is 6.55 Å². The third kappa shape index (κ3) is 3.99. The summed E-state index contributed by atoms with van der Waals surface area (Å²) < 4.78 is 55.2. The first-order valence-electron chi connectivity index (χ1n) is 7.45. The highest BCUT2D eigenvalue weighted by Crippen LogP contribution is 2.23. The number of sulfonamides is 1. The van der Waals surface area contributed by atoms with E-state index in [1.54, 1.807) is 4.68 Å². The number of aromatic nitrogens is 4. The Balaban J connectivity index is 2.09. The summed E-state index contributed by atoms with van der Waals surface area (Å²) in [6.07, 6.45) is 1.82. The molecular formula is C14H21F2N5O2S. The summed E-state index contributed by atoms with van der Waals surface area (Å²) in [6.45, 7) is 4.30. The van der Waals surface area contributed by atoms with Crippen LogP contribution >= 0.6 is 0 Å². The summed E-state index contributed by atoms with van der Waals surface area (Å²) in [4.78, 5) is -0.190. The lowest BCUT2D eigenvalue weighted by atomic mass is 10.2. The minimum Gasteiger partial charge on any atom is -0.272 e. The van der Waals surface area contributed by atoms with Crippen molar-refractivity contribution in [2.24, 2.45) is 5.92 Å². The summed E-state index contributed by atoms with van der Waals surface area (Å²) in [7, 11) is -3.91. The van der Waals surface area contributed by atoms with E-state index in [0.29, 0.717) is 11.2 Å². The standard InChI is InChI=1S/C14H21F2N5O2S/c1-9(8-20-6-5-10(2)18-20)7-17-24(22,23)13-11(3)19-21(12(13)4)14(15)16/h5-6,9,14,17H,7-8H2,1-4H3/t9-/m1/s1. The lowest BCUT2D eigenvalue weighted by Gasteiger charge is -2.13.